The summed E-state index contributed by atoms with van der Waals surface area (Å²) in [5.74, 6) is 0.150. The van der Waals surface area contributed by atoms with Gasteiger partial charge < -0.3 is 14.8 Å². The Balaban J connectivity index is 1.95. The van der Waals surface area contributed by atoms with Crippen molar-refractivity contribution in [2.24, 2.45) is 5.41 Å². The minimum Gasteiger partial charge on any atom is -0.530 e. The van der Waals surface area contributed by atoms with Crippen molar-refractivity contribution in [1.82, 2.24) is 4.90 Å². The van der Waals surface area contributed by atoms with Gasteiger partial charge in [-0.3, -0.25) is 0 Å². The zero-order chi connectivity index (χ0) is 18.2. The molecule has 132 valence electrons. The average molecular weight is 401 g/mol. The zero-order valence-electron chi connectivity index (χ0n) is 14.8. The van der Waals surface area contributed by atoms with Crippen molar-refractivity contribution in [2.45, 2.75) is 45.7 Å². The highest BCUT2D eigenvalue weighted by Crippen LogP contribution is 2.47. The number of nitrogens with zero attached hydrogens (tertiary/aromatic N) is 1. The summed E-state index contributed by atoms with van der Waals surface area (Å²) in [4.78, 5) is 13.5. The first-order chi connectivity index (χ1) is 11.8. The van der Waals surface area contributed by atoms with Gasteiger partial charge in [-0.2, -0.15) is 0 Å². The molecule has 0 N–H and O–H groups in total. The molecule has 1 amide bonds. The van der Waals surface area contributed by atoms with E-state index in [4.69, 9.17) is 0 Å². The number of hydrogen-bond acceptors (Lipinski definition) is 2. The number of hydrogen-bond donors (Lipinski definition) is 0. The van der Waals surface area contributed by atoms with Gasteiger partial charge in [0.25, 0.3) is 0 Å². The van der Waals surface area contributed by atoms with Gasteiger partial charge in [0.15, 0.2) is 0 Å². The van der Waals surface area contributed by atoms with Crippen molar-refractivity contribution in [3.8, 4) is 0 Å². The number of fused-ring (bicyclic) bond motifs is 1. The van der Waals surface area contributed by atoms with Crippen LogP contribution in [0.5, 0.6) is 0 Å². The van der Waals surface area contributed by atoms with Crippen LogP contribution < -0.4 is 5.11 Å². The number of carbonyl (C=O) groups excluding carboxylic acids is 1. The smallest absolute Gasteiger partial charge is 0.137 e. The second kappa shape index (κ2) is 6.83. The Morgan fingerprint density at radius 2 is 1.80 bits per heavy atom. The molecule has 0 saturated carbocycles. The topological polar surface area (TPSA) is 43.4 Å². The lowest BCUT2D eigenvalue weighted by Crippen LogP contribution is -2.50. The highest BCUT2D eigenvalue weighted by Gasteiger charge is 2.42. The average Bonchev–Trinajstić information content (AvgIpc) is 2.93. The molecular weight excluding hydrogens is 378 g/mol. The van der Waals surface area contributed by atoms with Crippen LogP contribution in [0.15, 0.2) is 53.0 Å². The third-order valence-corrected chi connectivity index (χ3v) is 5.57. The Bertz CT molecular complexity index is 764. The van der Waals surface area contributed by atoms with Crippen LogP contribution in [0.25, 0.3) is 0 Å². The molecule has 2 aromatic carbocycles. The maximum Gasteiger partial charge on any atom is 0.137 e. The first kappa shape index (κ1) is 18.0. The molecule has 25 heavy (non-hydrogen) atoms. The number of benzene rings is 2. The van der Waals surface area contributed by atoms with E-state index in [9.17, 15) is 9.90 Å². The third-order valence-electron chi connectivity index (χ3n) is 5.04. The molecule has 1 aliphatic carbocycles. The monoisotopic (exact) mass is 400 g/mol. The van der Waals surface area contributed by atoms with Crippen molar-refractivity contribution in [1.29, 1.82) is 0 Å². The number of amides is 1. The second-order valence-corrected chi connectivity index (χ2v) is 8.75. The third kappa shape index (κ3) is 3.74. The highest BCUT2D eigenvalue weighted by molar-refractivity contribution is 9.10. The van der Waals surface area contributed by atoms with Gasteiger partial charge in [-0.05, 0) is 40.7 Å². The largest absolute Gasteiger partial charge is 0.530 e. The maximum atomic E-state index is 12.0. The van der Waals surface area contributed by atoms with Crippen LogP contribution in [0, 0.1) is 5.41 Å². The molecule has 4 heteroatoms. The molecule has 0 spiro atoms. The lowest BCUT2D eigenvalue weighted by atomic mass is 9.75. The predicted molar refractivity (Wildman–Crippen MR) is 101 cm³/mol. The Labute approximate surface area is 157 Å². The van der Waals surface area contributed by atoms with Crippen LogP contribution >= 0.6 is 15.9 Å². The Kier molecular flexibility index (Phi) is 4.92. The summed E-state index contributed by atoms with van der Waals surface area (Å²) >= 11 is 3.42. The van der Waals surface area contributed by atoms with Gasteiger partial charge in [-0.15, -0.1) is 0 Å². The van der Waals surface area contributed by atoms with E-state index in [-0.39, 0.29) is 17.4 Å². The van der Waals surface area contributed by atoms with Gasteiger partial charge in [-0.25, -0.2) is 0 Å². The molecule has 2 atom stereocenters. The summed E-state index contributed by atoms with van der Waals surface area (Å²) < 4.78 is 0.983. The minimum atomic E-state index is -1.10. The summed E-state index contributed by atoms with van der Waals surface area (Å²) in [5.41, 5.74) is 3.44. The molecule has 0 heterocycles. The number of rotatable bonds is 3. The zero-order valence-corrected chi connectivity index (χ0v) is 16.4. The van der Waals surface area contributed by atoms with Crippen LogP contribution in [0.4, 0.5) is 4.79 Å². The van der Waals surface area contributed by atoms with Crippen molar-refractivity contribution in [3.63, 3.8) is 0 Å². The molecular formula is C21H23BrNO2-. The first-order valence-corrected chi connectivity index (χ1v) is 9.36. The first-order valence-electron chi connectivity index (χ1n) is 8.57. The van der Waals surface area contributed by atoms with E-state index in [1.54, 1.807) is 0 Å². The van der Waals surface area contributed by atoms with Crippen molar-refractivity contribution < 1.29 is 9.90 Å². The van der Waals surface area contributed by atoms with Gasteiger partial charge in [-0.1, -0.05) is 73.1 Å². The van der Waals surface area contributed by atoms with Crippen molar-refractivity contribution >= 4 is 22.0 Å². The molecule has 3 rings (SSSR count). The summed E-state index contributed by atoms with van der Waals surface area (Å²) in [6.07, 6.45) is -0.363. The summed E-state index contributed by atoms with van der Waals surface area (Å²) in [7, 11) is 0. The number of halogens is 1. The highest BCUT2D eigenvalue weighted by atomic mass is 79.9. The van der Waals surface area contributed by atoms with Crippen LogP contribution in [-0.4, -0.2) is 17.0 Å². The number of carbonyl (C=O) groups is 1. The van der Waals surface area contributed by atoms with E-state index >= 15 is 0 Å². The fraction of sp³-hybridized carbons (Fsp3) is 0.381. The molecule has 0 bridgehead atoms. The SMILES string of the molecule is CC(C)(C)C1c2ccccc2CC1N(Cc1ccc(Br)cc1)C(=O)[O-]. The second-order valence-electron chi connectivity index (χ2n) is 7.83. The summed E-state index contributed by atoms with van der Waals surface area (Å²) in [6, 6.07) is 16.0. The maximum absolute atomic E-state index is 12.0. The number of carboxylic acid groups (broad SMARTS) is 1. The van der Waals surface area contributed by atoms with Gasteiger partial charge in [0, 0.05) is 23.0 Å². The predicted octanol–water partition coefficient (Wildman–Crippen LogP) is 4.35. The van der Waals surface area contributed by atoms with Crippen LogP contribution in [-0.2, 0) is 13.0 Å². The van der Waals surface area contributed by atoms with Crippen LogP contribution in [0.3, 0.4) is 0 Å². The van der Waals surface area contributed by atoms with E-state index in [1.807, 2.05) is 36.4 Å². The van der Waals surface area contributed by atoms with Crippen molar-refractivity contribution in [3.05, 3.63) is 69.7 Å². The quantitative estimate of drug-likeness (QED) is 0.768. The van der Waals surface area contributed by atoms with E-state index < -0.39 is 6.09 Å². The van der Waals surface area contributed by atoms with Gasteiger partial charge in [0.2, 0.25) is 0 Å². The fourth-order valence-corrected chi connectivity index (χ4v) is 4.28. The molecule has 2 unspecified atom stereocenters. The van der Waals surface area contributed by atoms with Gasteiger partial charge in [0.1, 0.15) is 6.09 Å². The minimum absolute atomic E-state index is 0.0370. The van der Waals surface area contributed by atoms with E-state index in [0.29, 0.717) is 6.54 Å². The summed E-state index contributed by atoms with van der Waals surface area (Å²) in [5, 5.41) is 12.0. The molecule has 0 saturated heterocycles. The van der Waals surface area contributed by atoms with Gasteiger partial charge >= 0.3 is 0 Å². The van der Waals surface area contributed by atoms with Crippen LogP contribution in [0.1, 0.15) is 43.4 Å². The fourth-order valence-electron chi connectivity index (χ4n) is 4.01. The molecule has 0 radical (unpaired) electrons. The molecule has 2 aromatic rings. The van der Waals surface area contributed by atoms with Crippen LogP contribution in [0.2, 0.25) is 0 Å². The molecule has 0 aromatic heterocycles. The van der Waals surface area contributed by atoms with Crippen molar-refractivity contribution in [2.75, 3.05) is 0 Å². The normalized spacial score (nSPS) is 19.5. The Hall–Kier alpha value is -1.81. The van der Waals surface area contributed by atoms with E-state index in [0.717, 1.165) is 16.5 Å². The molecule has 0 fully saturated rings. The Morgan fingerprint density at radius 3 is 2.40 bits per heavy atom. The summed E-state index contributed by atoms with van der Waals surface area (Å²) in [6.45, 7) is 6.89. The van der Waals surface area contributed by atoms with Gasteiger partial charge in [0.05, 0.1) is 0 Å². The molecule has 1 aliphatic rings. The lowest BCUT2D eigenvalue weighted by molar-refractivity contribution is -0.269. The standard InChI is InChI=1S/C21H24BrNO2/c1-21(2,3)19-17-7-5-4-6-15(17)12-18(19)23(20(24)25)13-14-8-10-16(22)11-9-14/h4-11,18-19H,12-13H2,1-3H3,(H,24,25)/p-1. The molecule has 0 aliphatic heterocycles. The molecule has 3 nitrogen and oxygen atoms in total. The lowest BCUT2D eigenvalue weighted by Gasteiger charge is -2.41. The Morgan fingerprint density at radius 1 is 1.16 bits per heavy atom. The van der Waals surface area contributed by atoms with E-state index in [2.05, 4.69) is 48.8 Å². The van der Waals surface area contributed by atoms with E-state index in [1.165, 1.54) is 16.0 Å².